The highest BCUT2D eigenvalue weighted by atomic mass is 32.2. The number of benzene rings is 3. The lowest BCUT2D eigenvalue weighted by molar-refractivity contribution is 0.464. The van der Waals surface area contributed by atoms with Crippen molar-refractivity contribution >= 4 is 10.1 Å². The molecule has 1 heterocycles. The molecule has 4 rings (SSSR count). The van der Waals surface area contributed by atoms with Crippen LogP contribution in [0.4, 0.5) is 4.39 Å². The maximum atomic E-state index is 13.4. The zero-order valence-electron chi connectivity index (χ0n) is 18.0. The molecule has 0 aliphatic carbocycles. The molecule has 0 N–H and O–H groups in total. The van der Waals surface area contributed by atoms with Gasteiger partial charge < -0.3 is 4.18 Å². The number of hydrogen-bond acceptors (Lipinski definition) is 4. The molecule has 0 bridgehead atoms. The van der Waals surface area contributed by atoms with Gasteiger partial charge in [0, 0.05) is 11.6 Å². The fraction of sp³-hybridized carbons (Fsp3) is 0.160. The maximum absolute atomic E-state index is 13.4. The van der Waals surface area contributed by atoms with Crippen molar-refractivity contribution in [2.24, 2.45) is 0 Å². The number of halogens is 1. The Morgan fingerprint density at radius 2 is 1.50 bits per heavy atom. The molecule has 7 heteroatoms. The third-order valence-corrected chi connectivity index (χ3v) is 6.26. The summed E-state index contributed by atoms with van der Waals surface area (Å²) in [4.78, 5) is 0.0404. The lowest BCUT2D eigenvalue weighted by Crippen LogP contribution is -2.14. The Balaban J connectivity index is 1.74. The molecule has 0 aliphatic rings. The van der Waals surface area contributed by atoms with Crippen LogP contribution in [-0.4, -0.2) is 18.2 Å². The van der Waals surface area contributed by atoms with Crippen LogP contribution in [0.5, 0.6) is 5.88 Å². The van der Waals surface area contributed by atoms with Crippen LogP contribution in [0.3, 0.4) is 0 Å². The van der Waals surface area contributed by atoms with Crippen molar-refractivity contribution in [2.75, 3.05) is 0 Å². The van der Waals surface area contributed by atoms with Crippen molar-refractivity contribution in [1.82, 2.24) is 9.78 Å². The topological polar surface area (TPSA) is 61.2 Å². The molecular formula is C25H23FN2O3S. The molecule has 1 aromatic heterocycles. The standard InChI is InChI=1S/C25H23FN2O3S/c1-25(2,3)19-9-15-22(16-10-19)32(29,30)31-24-17-23(18-7-5-4-6-8-18)27-28(24)21-13-11-20(26)12-14-21/h4-17H,1-3H3. The van der Waals surface area contributed by atoms with Crippen LogP contribution in [0.1, 0.15) is 26.3 Å². The Labute approximate surface area is 187 Å². The molecule has 0 fully saturated rings. The van der Waals surface area contributed by atoms with E-state index in [2.05, 4.69) is 25.9 Å². The van der Waals surface area contributed by atoms with Crippen molar-refractivity contribution < 1.29 is 17.0 Å². The van der Waals surface area contributed by atoms with E-state index in [-0.39, 0.29) is 16.2 Å². The predicted molar refractivity (Wildman–Crippen MR) is 122 cm³/mol. The molecule has 0 saturated carbocycles. The van der Waals surface area contributed by atoms with Gasteiger partial charge in [0.05, 0.1) is 11.4 Å². The first-order chi connectivity index (χ1) is 15.1. The monoisotopic (exact) mass is 450 g/mol. The average molecular weight is 451 g/mol. The largest absolute Gasteiger partial charge is 0.358 e. The van der Waals surface area contributed by atoms with Crippen molar-refractivity contribution in [3.63, 3.8) is 0 Å². The summed E-state index contributed by atoms with van der Waals surface area (Å²) in [7, 11) is -4.12. The Morgan fingerprint density at radius 3 is 2.09 bits per heavy atom. The van der Waals surface area contributed by atoms with E-state index in [9.17, 15) is 12.8 Å². The van der Waals surface area contributed by atoms with Gasteiger partial charge in [-0.2, -0.15) is 18.2 Å². The maximum Gasteiger partial charge on any atom is 0.340 e. The first kappa shape index (κ1) is 21.8. The molecule has 5 nitrogen and oxygen atoms in total. The summed E-state index contributed by atoms with van der Waals surface area (Å²) in [5, 5.41) is 4.51. The van der Waals surface area contributed by atoms with E-state index in [0.717, 1.165) is 11.1 Å². The minimum Gasteiger partial charge on any atom is -0.358 e. The van der Waals surface area contributed by atoms with Crippen LogP contribution in [0.2, 0.25) is 0 Å². The van der Waals surface area contributed by atoms with Crippen LogP contribution in [-0.2, 0) is 15.5 Å². The second kappa shape index (κ2) is 8.24. The Hall–Kier alpha value is -3.45. The molecular weight excluding hydrogens is 427 g/mol. The van der Waals surface area contributed by atoms with Gasteiger partial charge in [-0.1, -0.05) is 63.2 Å². The normalized spacial score (nSPS) is 12.0. The molecule has 4 aromatic rings. The minimum absolute atomic E-state index is 0.00959. The zero-order valence-corrected chi connectivity index (χ0v) is 18.8. The molecule has 0 saturated heterocycles. The van der Waals surface area contributed by atoms with E-state index in [1.165, 1.54) is 41.1 Å². The van der Waals surface area contributed by atoms with Gasteiger partial charge in [0.1, 0.15) is 10.7 Å². The highest BCUT2D eigenvalue weighted by Gasteiger charge is 2.23. The van der Waals surface area contributed by atoms with Crippen LogP contribution >= 0.6 is 0 Å². The van der Waals surface area contributed by atoms with Crippen molar-refractivity contribution in [3.8, 4) is 22.8 Å². The fourth-order valence-electron chi connectivity index (χ4n) is 3.22. The average Bonchev–Trinajstić information content (AvgIpc) is 3.17. The Kier molecular flexibility index (Phi) is 5.60. The summed E-state index contributed by atoms with van der Waals surface area (Å²) >= 11 is 0. The summed E-state index contributed by atoms with van der Waals surface area (Å²) in [6, 6.07) is 23.1. The van der Waals surface area contributed by atoms with E-state index < -0.39 is 15.9 Å². The lowest BCUT2D eigenvalue weighted by Gasteiger charge is -2.19. The summed E-state index contributed by atoms with van der Waals surface area (Å²) in [5.74, 6) is -0.395. The Bertz CT molecular complexity index is 1320. The van der Waals surface area contributed by atoms with Crippen LogP contribution in [0.15, 0.2) is 89.8 Å². The number of aromatic nitrogens is 2. The molecule has 0 unspecified atom stereocenters. The van der Waals surface area contributed by atoms with Gasteiger partial charge in [-0.25, -0.2) is 4.39 Å². The van der Waals surface area contributed by atoms with Gasteiger partial charge in [0.2, 0.25) is 5.88 Å². The van der Waals surface area contributed by atoms with E-state index in [1.54, 1.807) is 18.2 Å². The van der Waals surface area contributed by atoms with Crippen LogP contribution < -0.4 is 4.18 Å². The second-order valence-electron chi connectivity index (χ2n) is 8.43. The quantitative estimate of drug-likeness (QED) is 0.364. The third kappa shape index (κ3) is 4.57. The van der Waals surface area contributed by atoms with Crippen LogP contribution in [0.25, 0.3) is 16.9 Å². The number of hydrogen-bond donors (Lipinski definition) is 0. The zero-order chi connectivity index (χ0) is 22.9. The van der Waals surface area contributed by atoms with Crippen molar-refractivity contribution in [3.05, 3.63) is 96.3 Å². The minimum atomic E-state index is -4.12. The van der Waals surface area contributed by atoms with E-state index in [1.807, 2.05) is 30.3 Å². The molecule has 0 aliphatic heterocycles. The SMILES string of the molecule is CC(C)(C)c1ccc(S(=O)(=O)Oc2cc(-c3ccccc3)nn2-c2ccc(F)cc2)cc1. The molecule has 0 amide bonds. The van der Waals surface area contributed by atoms with Gasteiger partial charge in [0.15, 0.2) is 0 Å². The molecule has 164 valence electrons. The second-order valence-corrected chi connectivity index (χ2v) is 9.98. The summed E-state index contributed by atoms with van der Waals surface area (Å²) in [5.41, 5.74) is 2.71. The van der Waals surface area contributed by atoms with E-state index in [4.69, 9.17) is 4.18 Å². The van der Waals surface area contributed by atoms with Gasteiger partial charge in [-0.15, -0.1) is 0 Å². The number of rotatable bonds is 5. The van der Waals surface area contributed by atoms with Crippen molar-refractivity contribution in [2.45, 2.75) is 31.1 Å². The Morgan fingerprint density at radius 1 is 0.875 bits per heavy atom. The number of nitrogens with zero attached hydrogens (tertiary/aromatic N) is 2. The van der Waals surface area contributed by atoms with E-state index >= 15 is 0 Å². The van der Waals surface area contributed by atoms with Gasteiger partial charge in [0.25, 0.3) is 0 Å². The molecule has 0 spiro atoms. The predicted octanol–water partition coefficient (Wildman–Crippen LogP) is 5.74. The first-order valence-electron chi connectivity index (χ1n) is 10.1. The summed E-state index contributed by atoms with van der Waals surface area (Å²) in [6.07, 6.45) is 0. The van der Waals surface area contributed by atoms with Crippen LogP contribution in [0, 0.1) is 5.82 Å². The third-order valence-electron chi connectivity index (χ3n) is 5.02. The highest BCUT2D eigenvalue weighted by Crippen LogP contribution is 2.29. The fourth-order valence-corrected chi connectivity index (χ4v) is 4.13. The highest BCUT2D eigenvalue weighted by molar-refractivity contribution is 7.87. The lowest BCUT2D eigenvalue weighted by atomic mass is 9.87. The van der Waals surface area contributed by atoms with E-state index in [0.29, 0.717) is 11.4 Å². The molecule has 0 radical (unpaired) electrons. The van der Waals surface area contributed by atoms with Crippen molar-refractivity contribution in [1.29, 1.82) is 0 Å². The first-order valence-corrected chi connectivity index (χ1v) is 11.5. The molecule has 32 heavy (non-hydrogen) atoms. The molecule has 3 aromatic carbocycles. The summed E-state index contributed by atoms with van der Waals surface area (Å²) in [6.45, 7) is 6.16. The van der Waals surface area contributed by atoms with Gasteiger partial charge in [-0.05, 0) is 47.4 Å². The molecule has 0 atom stereocenters. The smallest absolute Gasteiger partial charge is 0.340 e. The van der Waals surface area contributed by atoms with Gasteiger partial charge in [-0.3, -0.25) is 0 Å². The summed E-state index contributed by atoms with van der Waals surface area (Å²) < 4.78 is 46.3. The van der Waals surface area contributed by atoms with Gasteiger partial charge >= 0.3 is 10.1 Å².